The maximum Gasteiger partial charge on any atom is 0.191 e. The number of rotatable bonds is 8. The summed E-state index contributed by atoms with van der Waals surface area (Å²) < 4.78 is 27.5. The topological polar surface area (TPSA) is 86.8 Å². The van der Waals surface area contributed by atoms with E-state index in [1.807, 2.05) is 35.1 Å². The first kappa shape index (κ1) is 21.5. The second-order valence-electron chi connectivity index (χ2n) is 7.54. The van der Waals surface area contributed by atoms with Crippen molar-refractivity contribution >= 4 is 34.4 Å². The van der Waals surface area contributed by atoms with Crippen molar-refractivity contribution < 1.29 is 18.7 Å². The highest BCUT2D eigenvalue weighted by Gasteiger charge is 2.18. The van der Waals surface area contributed by atoms with Crippen molar-refractivity contribution in [1.29, 1.82) is 0 Å². The molecule has 9 nitrogen and oxygen atoms in total. The molecule has 0 spiro atoms. The number of methoxy groups -OCH3 is 2. The van der Waals surface area contributed by atoms with Crippen LogP contribution in [0.25, 0.3) is 11.0 Å². The average Bonchev–Trinajstić information content (AvgIpc) is 3.52. The van der Waals surface area contributed by atoms with E-state index in [1.54, 1.807) is 20.4 Å². The Hall–Kier alpha value is -3.37. The lowest BCUT2D eigenvalue weighted by Gasteiger charge is -2.29. The number of benzene rings is 2. The van der Waals surface area contributed by atoms with Crippen LogP contribution in [0.4, 0.5) is 11.5 Å². The summed E-state index contributed by atoms with van der Waals surface area (Å²) in [4.78, 5) is 3.26. The molecule has 33 heavy (non-hydrogen) atoms. The van der Waals surface area contributed by atoms with Gasteiger partial charge in [0.1, 0.15) is 16.9 Å². The lowest BCUT2D eigenvalue weighted by Crippen LogP contribution is -2.36. The Morgan fingerprint density at radius 2 is 1.94 bits per heavy atom. The van der Waals surface area contributed by atoms with Crippen LogP contribution in [0.5, 0.6) is 11.5 Å². The van der Waals surface area contributed by atoms with Gasteiger partial charge in [-0.25, -0.2) is 0 Å². The molecule has 0 unspecified atom stereocenters. The smallest absolute Gasteiger partial charge is 0.191 e. The molecular weight excluding hydrogens is 442 g/mol. The van der Waals surface area contributed by atoms with Crippen LogP contribution >= 0.6 is 11.9 Å². The zero-order valence-electron chi connectivity index (χ0n) is 18.5. The van der Waals surface area contributed by atoms with Crippen LogP contribution in [-0.2, 0) is 11.3 Å². The van der Waals surface area contributed by atoms with E-state index in [0.717, 1.165) is 53.6 Å². The third-order valence-electron chi connectivity index (χ3n) is 5.50. The first-order valence-corrected chi connectivity index (χ1v) is 11.4. The summed E-state index contributed by atoms with van der Waals surface area (Å²) in [6.07, 6.45) is 3.67. The summed E-state index contributed by atoms with van der Waals surface area (Å²) in [5.74, 6) is 2.06. The van der Waals surface area contributed by atoms with E-state index >= 15 is 0 Å². The highest BCUT2D eigenvalue weighted by Crippen LogP contribution is 2.38. The van der Waals surface area contributed by atoms with E-state index in [9.17, 15) is 0 Å². The zero-order chi connectivity index (χ0) is 22.6. The van der Waals surface area contributed by atoms with E-state index in [1.165, 1.54) is 11.9 Å². The van der Waals surface area contributed by atoms with Crippen LogP contribution in [0, 0.1) is 0 Å². The Labute approximate surface area is 195 Å². The minimum atomic E-state index is 0.594. The molecular formula is C23H25N5O4S. The average molecular weight is 468 g/mol. The minimum Gasteiger partial charge on any atom is -0.496 e. The molecule has 1 N–H and O–H groups in total. The molecule has 1 fully saturated rings. The normalized spacial score (nSPS) is 13.9. The van der Waals surface area contributed by atoms with Crippen molar-refractivity contribution in [2.45, 2.75) is 11.4 Å². The number of nitrogens with one attached hydrogen (secondary N) is 1. The molecule has 2 aromatic heterocycles. The zero-order valence-corrected chi connectivity index (χ0v) is 19.3. The number of fused-ring (bicyclic) bond motifs is 1. The molecule has 0 aliphatic carbocycles. The van der Waals surface area contributed by atoms with Gasteiger partial charge >= 0.3 is 0 Å². The van der Waals surface area contributed by atoms with E-state index < -0.39 is 0 Å². The Kier molecular flexibility index (Phi) is 6.27. The number of ether oxygens (including phenoxy) is 3. The minimum absolute atomic E-state index is 0.594. The van der Waals surface area contributed by atoms with Gasteiger partial charge in [0.05, 0.1) is 38.9 Å². The van der Waals surface area contributed by atoms with Gasteiger partial charge in [-0.15, -0.1) is 0 Å². The van der Waals surface area contributed by atoms with Gasteiger partial charge in [-0.2, -0.15) is 5.10 Å². The Morgan fingerprint density at radius 1 is 1.09 bits per heavy atom. The molecule has 5 rings (SSSR count). The van der Waals surface area contributed by atoms with E-state index in [0.29, 0.717) is 23.7 Å². The SMILES string of the molecule is COc1ccc(N2CCOCC2)cc1SNc1noc2cc(Cn3cccn3)cc(OC)c12. The van der Waals surface area contributed by atoms with Crippen LogP contribution in [0.2, 0.25) is 0 Å². The van der Waals surface area contributed by atoms with Crippen LogP contribution in [-0.4, -0.2) is 55.5 Å². The van der Waals surface area contributed by atoms with Crippen molar-refractivity contribution in [3.05, 3.63) is 54.4 Å². The quantitative estimate of drug-likeness (QED) is 0.386. The molecule has 1 aliphatic heterocycles. The van der Waals surface area contributed by atoms with Gasteiger partial charge in [0, 0.05) is 31.2 Å². The van der Waals surface area contributed by atoms with Crippen LogP contribution in [0.1, 0.15) is 5.56 Å². The Bertz CT molecular complexity index is 1220. The lowest BCUT2D eigenvalue weighted by molar-refractivity contribution is 0.122. The fourth-order valence-electron chi connectivity index (χ4n) is 3.86. The predicted octanol–water partition coefficient (Wildman–Crippen LogP) is 4.05. The molecule has 0 saturated carbocycles. The maximum atomic E-state index is 5.66. The number of anilines is 2. The summed E-state index contributed by atoms with van der Waals surface area (Å²) in [6.45, 7) is 3.83. The standard InChI is InChI=1S/C23H25N5O4S/c1-29-18-5-4-17(27-8-10-31-11-9-27)14-21(18)33-26-23-22-19(30-2)12-16(13-20(22)32-25-23)15-28-7-3-6-24-28/h3-7,12-14H,8-11,15H2,1-2H3,(H,25,26). The fraction of sp³-hybridized carbons (Fsp3) is 0.304. The largest absolute Gasteiger partial charge is 0.496 e. The lowest BCUT2D eigenvalue weighted by atomic mass is 10.1. The van der Waals surface area contributed by atoms with Crippen molar-refractivity contribution in [3.8, 4) is 11.5 Å². The molecule has 0 atom stereocenters. The molecule has 10 heteroatoms. The van der Waals surface area contributed by atoms with Gasteiger partial charge in [-0.05, 0) is 53.9 Å². The molecule has 1 saturated heterocycles. The maximum absolute atomic E-state index is 5.66. The van der Waals surface area contributed by atoms with Gasteiger partial charge in [0.2, 0.25) is 0 Å². The van der Waals surface area contributed by atoms with Gasteiger partial charge < -0.3 is 28.4 Å². The highest BCUT2D eigenvalue weighted by atomic mass is 32.2. The molecule has 4 aromatic rings. The first-order chi connectivity index (χ1) is 16.2. The van der Waals surface area contributed by atoms with E-state index in [4.69, 9.17) is 18.7 Å². The Balaban J connectivity index is 1.39. The number of morpholine rings is 1. The van der Waals surface area contributed by atoms with Crippen LogP contribution in [0.3, 0.4) is 0 Å². The molecule has 0 amide bonds. The van der Waals surface area contributed by atoms with Gasteiger partial charge in [0.25, 0.3) is 0 Å². The monoisotopic (exact) mass is 467 g/mol. The highest BCUT2D eigenvalue weighted by molar-refractivity contribution is 8.00. The third-order valence-corrected chi connectivity index (χ3v) is 6.34. The third kappa shape index (κ3) is 4.57. The second-order valence-corrected chi connectivity index (χ2v) is 8.39. The predicted molar refractivity (Wildman–Crippen MR) is 127 cm³/mol. The van der Waals surface area contributed by atoms with Crippen molar-refractivity contribution in [1.82, 2.24) is 14.9 Å². The molecule has 3 heterocycles. The van der Waals surface area contributed by atoms with Crippen molar-refractivity contribution in [3.63, 3.8) is 0 Å². The van der Waals surface area contributed by atoms with E-state index in [-0.39, 0.29) is 0 Å². The summed E-state index contributed by atoms with van der Waals surface area (Å²) in [5.41, 5.74) is 2.79. The van der Waals surface area contributed by atoms with Gasteiger partial charge in [0.15, 0.2) is 11.4 Å². The van der Waals surface area contributed by atoms with Gasteiger partial charge in [-0.3, -0.25) is 4.68 Å². The second kappa shape index (κ2) is 9.63. The molecule has 172 valence electrons. The number of aromatic nitrogens is 3. The van der Waals surface area contributed by atoms with Gasteiger partial charge in [-0.1, -0.05) is 5.16 Å². The first-order valence-electron chi connectivity index (χ1n) is 10.6. The molecule has 0 radical (unpaired) electrons. The van der Waals surface area contributed by atoms with Crippen molar-refractivity contribution in [2.75, 3.05) is 50.1 Å². The summed E-state index contributed by atoms with van der Waals surface area (Å²) in [7, 11) is 3.31. The number of hydrogen-bond acceptors (Lipinski definition) is 9. The molecule has 1 aliphatic rings. The molecule has 2 aromatic carbocycles. The summed E-state index contributed by atoms with van der Waals surface area (Å²) in [5, 5.41) is 9.30. The molecule has 0 bridgehead atoms. The summed E-state index contributed by atoms with van der Waals surface area (Å²) >= 11 is 1.42. The Morgan fingerprint density at radius 3 is 2.70 bits per heavy atom. The van der Waals surface area contributed by atoms with Crippen LogP contribution < -0.4 is 19.1 Å². The van der Waals surface area contributed by atoms with Crippen LogP contribution in [0.15, 0.2) is 58.2 Å². The number of hydrogen-bond donors (Lipinski definition) is 1. The fourth-order valence-corrected chi connectivity index (χ4v) is 4.64. The number of nitrogens with zero attached hydrogens (tertiary/aromatic N) is 4. The van der Waals surface area contributed by atoms with E-state index in [2.05, 4.69) is 32.0 Å². The summed E-state index contributed by atoms with van der Waals surface area (Å²) in [6, 6.07) is 12.0. The van der Waals surface area contributed by atoms with Crippen molar-refractivity contribution in [2.24, 2.45) is 0 Å².